The molecule has 4 aromatic rings. The van der Waals surface area contributed by atoms with Gasteiger partial charge in [0.15, 0.2) is 11.5 Å². The van der Waals surface area contributed by atoms with Gasteiger partial charge in [0.2, 0.25) is 0 Å². The van der Waals surface area contributed by atoms with Crippen LogP contribution in [0.3, 0.4) is 0 Å². The van der Waals surface area contributed by atoms with Crippen LogP contribution in [0.5, 0.6) is 11.5 Å². The first-order valence-corrected chi connectivity index (χ1v) is 13.3. The van der Waals surface area contributed by atoms with Gasteiger partial charge in [0.25, 0.3) is 11.1 Å². The van der Waals surface area contributed by atoms with Crippen LogP contribution in [-0.2, 0) is 17.9 Å². The number of amides is 2. The standard InChI is InChI=1S/C29H21FINO4S/c1-35-25-14-19(13-24(31)27(25)36-17-22-8-4-5-9-23(22)30)15-26-28(33)32(29(34)37-26)16-18-10-11-20-6-2-3-7-21(20)12-18/h2-15H,16-17H2,1H3/b26-15-. The highest BCUT2D eigenvalue weighted by molar-refractivity contribution is 14.1. The first kappa shape index (κ1) is 25.3. The Hall–Kier alpha value is -3.37. The molecule has 1 aliphatic rings. The van der Waals surface area contributed by atoms with Crippen LogP contribution in [0.2, 0.25) is 0 Å². The molecular formula is C29H21FINO4S. The van der Waals surface area contributed by atoms with Crippen molar-refractivity contribution < 1.29 is 23.5 Å². The molecule has 0 aliphatic carbocycles. The Bertz CT molecular complexity index is 1550. The predicted octanol–water partition coefficient (Wildman–Crippen LogP) is 7.41. The summed E-state index contributed by atoms with van der Waals surface area (Å²) in [5.41, 5.74) is 2.01. The van der Waals surface area contributed by atoms with E-state index in [1.807, 2.05) is 48.5 Å². The largest absolute Gasteiger partial charge is 0.493 e. The Kier molecular flexibility index (Phi) is 7.48. The summed E-state index contributed by atoms with van der Waals surface area (Å²) in [5.74, 6) is 0.252. The SMILES string of the molecule is COc1cc(/C=C2\SC(=O)N(Cc3ccc4ccccc4c3)C2=O)cc(I)c1OCc1ccccc1F. The monoisotopic (exact) mass is 625 g/mol. The van der Waals surface area contributed by atoms with Gasteiger partial charge in [-0.2, -0.15) is 0 Å². The molecule has 0 aromatic heterocycles. The van der Waals surface area contributed by atoms with Gasteiger partial charge in [-0.15, -0.1) is 0 Å². The highest BCUT2D eigenvalue weighted by Crippen LogP contribution is 2.38. The number of methoxy groups -OCH3 is 1. The second-order valence-electron chi connectivity index (χ2n) is 8.36. The van der Waals surface area contributed by atoms with Gasteiger partial charge >= 0.3 is 0 Å². The van der Waals surface area contributed by atoms with Crippen LogP contribution in [0.1, 0.15) is 16.7 Å². The number of benzene rings is 4. The lowest BCUT2D eigenvalue weighted by molar-refractivity contribution is -0.123. The maximum Gasteiger partial charge on any atom is 0.293 e. The number of halogens is 2. The van der Waals surface area contributed by atoms with E-state index in [-0.39, 0.29) is 30.1 Å². The minimum absolute atomic E-state index is 0.0477. The number of carbonyl (C=O) groups excluding carboxylic acids is 2. The molecule has 0 atom stereocenters. The number of imide groups is 1. The number of thioether (sulfide) groups is 1. The molecule has 1 saturated heterocycles. The molecule has 186 valence electrons. The quantitative estimate of drug-likeness (QED) is 0.158. The molecule has 0 bridgehead atoms. The molecule has 0 saturated carbocycles. The number of ether oxygens (including phenoxy) is 2. The van der Waals surface area contributed by atoms with Gasteiger partial charge in [-0.3, -0.25) is 14.5 Å². The van der Waals surface area contributed by atoms with Gasteiger partial charge < -0.3 is 9.47 Å². The lowest BCUT2D eigenvalue weighted by Gasteiger charge is -2.14. The lowest BCUT2D eigenvalue weighted by atomic mass is 10.1. The smallest absolute Gasteiger partial charge is 0.293 e. The lowest BCUT2D eigenvalue weighted by Crippen LogP contribution is -2.27. The Morgan fingerprint density at radius 1 is 0.973 bits per heavy atom. The molecular weight excluding hydrogens is 604 g/mol. The van der Waals surface area contributed by atoms with Crippen LogP contribution >= 0.6 is 34.4 Å². The first-order valence-electron chi connectivity index (χ1n) is 11.4. The van der Waals surface area contributed by atoms with E-state index < -0.39 is 0 Å². The zero-order valence-corrected chi connectivity index (χ0v) is 22.7. The first-order chi connectivity index (χ1) is 17.9. The number of hydrogen-bond acceptors (Lipinski definition) is 5. The summed E-state index contributed by atoms with van der Waals surface area (Å²) in [6.45, 7) is 0.253. The summed E-state index contributed by atoms with van der Waals surface area (Å²) in [6.07, 6.45) is 1.68. The molecule has 0 unspecified atom stereocenters. The molecule has 2 amide bonds. The average Bonchev–Trinajstić information content (AvgIpc) is 3.15. The second kappa shape index (κ2) is 10.9. The van der Waals surface area contributed by atoms with Crippen molar-refractivity contribution in [3.8, 4) is 11.5 Å². The molecule has 1 heterocycles. The summed E-state index contributed by atoms with van der Waals surface area (Å²) in [7, 11) is 1.52. The minimum atomic E-state index is -0.340. The maximum atomic E-state index is 14.0. The number of nitrogens with zero attached hydrogens (tertiary/aromatic N) is 1. The van der Waals surface area contributed by atoms with Crippen LogP contribution in [0.4, 0.5) is 9.18 Å². The van der Waals surface area contributed by atoms with Crippen molar-refractivity contribution in [3.05, 3.63) is 110 Å². The Balaban J connectivity index is 1.35. The zero-order valence-electron chi connectivity index (χ0n) is 19.7. The fraction of sp³-hybridized carbons (Fsp3) is 0.103. The highest BCUT2D eigenvalue weighted by atomic mass is 127. The Morgan fingerprint density at radius 3 is 2.51 bits per heavy atom. The third-order valence-electron chi connectivity index (χ3n) is 5.91. The average molecular weight is 625 g/mol. The summed E-state index contributed by atoms with van der Waals surface area (Å²) in [4.78, 5) is 27.4. The van der Waals surface area contributed by atoms with Crippen LogP contribution in [0, 0.1) is 9.39 Å². The van der Waals surface area contributed by atoms with E-state index in [0.29, 0.717) is 27.5 Å². The number of hydrogen-bond donors (Lipinski definition) is 0. The summed E-state index contributed by atoms with van der Waals surface area (Å²) in [5, 5.41) is 1.85. The van der Waals surface area contributed by atoms with Crippen LogP contribution in [0.25, 0.3) is 16.8 Å². The Labute approximate surface area is 231 Å². The molecule has 8 heteroatoms. The fourth-order valence-electron chi connectivity index (χ4n) is 4.04. The van der Waals surface area contributed by atoms with Gasteiger partial charge in [0.1, 0.15) is 12.4 Å². The van der Waals surface area contributed by atoms with Crippen LogP contribution < -0.4 is 9.47 Å². The van der Waals surface area contributed by atoms with Crippen molar-refractivity contribution in [1.29, 1.82) is 0 Å². The predicted molar refractivity (Wildman–Crippen MR) is 152 cm³/mol. The van der Waals surface area contributed by atoms with E-state index in [4.69, 9.17) is 9.47 Å². The summed E-state index contributed by atoms with van der Waals surface area (Å²) >= 11 is 3.03. The van der Waals surface area contributed by atoms with Gasteiger partial charge in [-0.1, -0.05) is 54.6 Å². The highest BCUT2D eigenvalue weighted by Gasteiger charge is 2.35. The second-order valence-corrected chi connectivity index (χ2v) is 10.5. The van der Waals surface area contributed by atoms with Crippen molar-refractivity contribution in [2.75, 3.05) is 7.11 Å². The van der Waals surface area contributed by atoms with Crippen LogP contribution in [-0.4, -0.2) is 23.2 Å². The van der Waals surface area contributed by atoms with Crippen molar-refractivity contribution >= 4 is 62.3 Å². The minimum Gasteiger partial charge on any atom is -0.493 e. The molecule has 1 fully saturated rings. The van der Waals surface area contributed by atoms with Gasteiger partial charge in [-0.25, -0.2) is 4.39 Å². The normalized spacial score (nSPS) is 14.6. The third kappa shape index (κ3) is 5.50. The maximum absolute atomic E-state index is 14.0. The zero-order chi connectivity index (χ0) is 25.9. The summed E-state index contributed by atoms with van der Waals surface area (Å²) < 4.78 is 26.1. The number of carbonyl (C=O) groups is 2. The van der Waals surface area contributed by atoms with E-state index in [9.17, 15) is 14.0 Å². The molecule has 0 N–H and O–H groups in total. The van der Waals surface area contributed by atoms with E-state index in [0.717, 1.165) is 31.7 Å². The molecule has 4 aromatic carbocycles. The fourth-order valence-corrected chi connectivity index (χ4v) is 5.66. The molecule has 0 spiro atoms. The third-order valence-corrected chi connectivity index (χ3v) is 7.62. The van der Waals surface area contributed by atoms with Crippen molar-refractivity contribution in [3.63, 3.8) is 0 Å². The van der Waals surface area contributed by atoms with E-state index in [1.54, 1.807) is 30.3 Å². The molecule has 0 radical (unpaired) electrons. The van der Waals surface area contributed by atoms with Gasteiger partial charge in [0, 0.05) is 5.56 Å². The van der Waals surface area contributed by atoms with Gasteiger partial charge in [0.05, 0.1) is 22.1 Å². The van der Waals surface area contributed by atoms with Crippen molar-refractivity contribution in [2.45, 2.75) is 13.2 Å². The van der Waals surface area contributed by atoms with E-state index >= 15 is 0 Å². The molecule has 1 aliphatic heterocycles. The number of rotatable bonds is 7. The molecule has 5 nitrogen and oxygen atoms in total. The van der Waals surface area contributed by atoms with Gasteiger partial charge in [-0.05, 0) is 86.6 Å². The van der Waals surface area contributed by atoms with E-state index in [1.165, 1.54) is 18.1 Å². The number of fused-ring (bicyclic) bond motifs is 1. The Morgan fingerprint density at radius 2 is 1.73 bits per heavy atom. The molecule has 37 heavy (non-hydrogen) atoms. The van der Waals surface area contributed by atoms with Crippen molar-refractivity contribution in [2.24, 2.45) is 0 Å². The molecule has 5 rings (SSSR count). The van der Waals surface area contributed by atoms with Crippen molar-refractivity contribution in [1.82, 2.24) is 4.90 Å². The van der Waals surface area contributed by atoms with E-state index in [2.05, 4.69) is 22.6 Å². The summed E-state index contributed by atoms with van der Waals surface area (Å²) in [6, 6.07) is 23.9. The van der Waals surface area contributed by atoms with Crippen LogP contribution in [0.15, 0.2) is 83.8 Å². The topological polar surface area (TPSA) is 55.8 Å².